The van der Waals surface area contributed by atoms with Crippen LogP contribution in [0.15, 0.2) is 59.5 Å². The Morgan fingerprint density at radius 2 is 1.89 bits per heavy atom. The molecule has 3 rings (SSSR count). The molecule has 138 valence electrons. The van der Waals surface area contributed by atoms with Gasteiger partial charge in [0.25, 0.3) is 5.91 Å². The summed E-state index contributed by atoms with van der Waals surface area (Å²) in [6.45, 7) is 2.38. The number of carbonyl (C=O) groups is 2. The lowest BCUT2D eigenvalue weighted by Crippen LogP contribution is -2.37. The first-order valence-corrected chi connectivity index (χ1v) is 9.52. The van der Waals surface area contributed by atoms with Crippen molar-refractivity contribution in [3.05, 3.63) is 70.6 Å². The highest BCUT2D eigenvalue weighted by molar-refractivity contribution is 8.26. The van der Waals surface area contributed by atoms with Crippen molar-refractivity contribution >= 4 is 46.3 Å². The Labute approximate surface area is 166 Å². The first-order valence-electron chi connectivity index (χ1n) is 8.29. The zero-order chi connectivity index (χ0) is 19.4. The average Bonchev–Trinajstić information content (AvgIpc) is 2.92. The van der Waals surface area contributed by atoms with E-state index < -0.39 is 17.9 Å². The molecule has 1 unspecified atom stereocenters. The molecule has 1 aliphatic heterocycles. The molecular weight excluding hydrogens is 382 g/mol. The van der Waals surface area contributed by atoms with Gasteiger partial charge in [0.15, 0.2) is 6.04 Å². The minimum Gasteiger partial charge on any atom is -0.493 e. The third-order valence-electron chi connectivity index (χ3n) is 3.94. The van der Waals surface area contributed by atoms with E-state index in [9.17, 15) is 14.7 Å². The molecule has 1 amide bonds. The van der Waals surface area contributed by atoms with Gasteiger partial charge >= 0.3 is 5.97 Å². The summed E-state index contributed by atoms with van der Waals surface area (Å²) in [5.41, 5.74) is 1.24. The monoisotopic (exact) mass is 399 g/mol. The van der Waals surface area contributed by atoms with Gasteiger partial charge in [-0.25, -0.2) is 4.79 Å². The molecule has 1 fully saturated rings. The molecule has 2 aromatic rings. The minimum atomic E-state index is -1.16. The van der Waals surface area contributed by atoms with E-state index in [1.807, 2.05) is 31.2 Å². The molecule has 1 aliphatic rings. The summed E-state index contributed by atoms with van der Waals surface area (Å²) in [5.74, 6) is -0.899. The normalized spacial score (nSPS) is 16.6. The smallest absolute Gasteiger partial charge is 0.331 e. The molecule has 1 heterocycles. The lowest BCUT2D eigenvalue weighted by atomic mass is 10.1. The SMILES string of the molecule is CCOc1ccccc1/C=C1/SC(=S)N(C(C(=O)O)c2ccccc2)C1=O. The predicted molar refractivity (Wildman–Crippen MR) is 109 cm³/mol. The van der Waals surface area contributed by atoms with Gasteiger partial charge in [0, 0.05) is 5.56 Å². The number of thiocarbonyl (C=S) groups is 1. The van der Waals surface area contributed by atoms with Crippen molar-refractivity contribution in [1.29, 1.82) is 0 Å². The molecule has 0 bridgehead atoms. The van der Waals surface area contributed by atoms with E-state index in [-0.39, 0.29) is 4.32 Å². The molecule has 0 aromatic heterocycles. The van der Waals surface area contributed by atoms with Crippen molar-refractivity contribution in [3.8, 4) is 5.75 Å². The third-order valence-corrected chi connectivity index (χ3v) is 5.27. The predicted octanol–water partition coefficient (Wildman–Crippen LogP) is 4.11. The first-order chi connectivity index (χ1) is 13.0. The fourth-order valence-corrected chi connectivity index (χ4v) is 4.07. The number of hydrogen-bond donors (Lipinski definition) is 1. The van der Waals surface area contributed by atoms with Crippen molar-refractivity contribution < 1.29 is 19.4 Å². The van der Waals surface area contributed by atoms with Gasteiger partial charge in [0.1, 0.15) is 10.1 Å². The van der Waals surface area contributed by atoms with E-state index in [0.717, 1.165) is 22.2 Å². The Morgan fingerprint density at radius 1 is 1.22 bits per heavy atom. The second-order valence-corrected chi connectivity index (χ2v) is 7.35. The van der Waals surface area contributed by atoms with E-state index in [0.29, 0.717) is 22.8 Å². The zero-order valence-electron chi connectivity index (χ0n) is 14.5. The molecule has 2 aromatic carbocycles. The van der Waals surface area contributed by atoms with Crippen LogP contribution in [-0.4, -0.2) is 32.8 Å². The van der Waals surface area contributed by atoms with Gasteiger partial charge in [-0.1, -0.05) is 72.5 Å². The van der Waals surface area contributed by atoms with Gasteiger partial charge in [0.05, 0.1) is 11.5 Å². The lowest BCUT2D eigenvalue weighted by Gasteiger charge is -2.23. The van der Waals surface area contributed by atoms with Gasteiger partial charge in [-0.15, -0.1) is 0 Å². The van der Waals surface area contributed by atoms with Crippen LogP contribution in [0.3, 0.4) is 0 Å². The van der Waals surface area contributed by atoms with Crippen molar-refractivity contribution in [1.82, 2.24) is 4.90 Å². The van der Waals surface area contributed by atoms with Gasteiger partial charge in [-0.3, -0.25) is 9.69 Å². The highest BCUT2D eigenvalue weighted by Gasteiger charge is 2.41. The second kappa shape index (κ2) is 8.37. The van der Waals surface area contributed by atoms with Crippen LogP contribution in [0.1, 0.15) is 24.1 Å². The van der Waals surface area contributed by atoms with E-state index in [1.54, 1.807) is 36.4 Å². The number of amides is 1. The van der Waals surface area contributed by atoms with Crippen LogP contribution in [0, 0.1) is 0 Å². The molecule has 1 N–H and O–H groups in total. The largest absolute Gasteiger partial charge is 0.493 e. The van der Waals surface area contributed by atoms with E-state index in [2.05, 4.69) is 0 Å². The topological polar surface area (TPSA) is 66.8 Å². The number of ether oxygens (including phenoxy) is 1. The zero-order valence-corrected chi connectivity index (χ0v) is 16.1. The Kier molecular flexibility index (Phi) is 5.93. The number of carbonyl (C=O) groups excluding carboxylic acids is 1. The summed E-state index contributed by atoms with van der Waals surface area (Å²) >= 11 is 6.42. The number of rotatable bonds is 6. The number of nitrogens with zero attached hydrogens (tertiary/aromatic N) is 1. The van der Waals surface area contributed by atoms with Crippen LogP contribution in [0.4, 0.5) is 0 Å². The van der Waals surface area contributed by atoms with Gasteiger partial charge < -0.3 is 9.84 Å². The molecule has 7 heteroatoms. The quantitative estimate of drug-likeness (QED) is 0.582. The van der Waals surface area contributed by atoms with Gasteiger partial charge in [-0.2, -0.15) is 0 Å². The Bertz CT molecular complexity index is 911. The Balaban J connectivity index is 1.96. The van der Waals surface area contributed by atoms with Gasteiger partial charge in [0.2, 0.25) is 0 Å². The fraction of sp³-hybridized carbons (Fsp3) is 0.150. The summed E-state index contributed by atoms with van der Waals surface area (Å²) in [5, 5.41) is 9.71. The van der Waals surface area contributed by atoms with E-state index in [1.165, 1.54) is 0 Å². The number of thioether (sulfide) groups is 1. The van der Waals surface area contributed by atoms with Crippen LogP contribution in [0.5, 0.6) is 5.75 Å². The summed E-state index contributed by atoms with van der Waals surface area (Å²) in [7, 11) is 0. The summed E-state index contributed by atoms with van der Waals surface area (Å²) < 4.78 is 5.80. The second-order valence-electron chi connectivity index (χ2n) is 5.67. The Hall–Kier alpha value is -2.64. The van der Waals surface area contributed by atoms with Gasteiger partial charge in [-0.05, 0) is 24.6 Å². The molecule has 0 radical (unpaired) electrons. The van der Waals surface area contributed by atoms with E-state index in [4.69, 9.17) is 17.0 Å². The highest BCUT2D eigenvalue weighted by Crippen LogP contribution is 2.39. The average molecular weight is 399 g/mol. The molecule has 0 spiro atoms. The highest BCUT2D eigenvalue weighted by atomic mass is 32.2. The van der Waals surface area contributed by atoms with Crippen LogP contribution in [0.2, 0.25) is 0 Å². The lowest BCUT2D eigenvalue weighted by molar-refractivity contribution is -0.145. The Morgan fingerprint density at radius 3 is 2.56 bits per heavy atom. The maximum Gasteiger partial charge on any atom is 0.331 e. The number of carboxylic acid groups (broad SMARTS) is 1. The summed E-state index contributed by atoms with van der Waals surface area (Å²) in [6.07, 6.45) is 1.69. The molecule has 27 heavy (non-hydrogen) atoms. The molecule has 1 atom stereocenters. The third kappa shape index (κ3) is 4.04. The molecule has 0 saturated carbocycles. The van der Waals surface area contributed by atoms with Crippen LogP contribution < -0.4 is 4.74 Å². The maximum atomic E-state index is 13.0. The fourth-order valence-electron chi connectivity index (χ4n) is 2.77. The minimum absolute atomic E-state index is 0.219. The number of hydrogen-bond acceptors (Lipinski definition) is 5. The van der Waals surface area contributed by atoms with Crippen LogP contribution in [-0.2, 0) is 9.59 Å². The molecular formula is C20H17NO4S2. The van der Waals surface area contributed by atoms with Crippen molar-refractivity contribution in [3.63, 3.8) is 0 Å². The molecule has 5 nitrogen and oxygen atoms in total. The summed E-state index contributed by atoms with van der Waals surface area (Å²) in [6, 6.07) is 14.8. The van der Waals surface area contributed by atoms with Crippen molar-refractivity contribution in [2.24, 2.45) is 0 Å². The standard InChI is InChI=1S/C20H17NO4S2/c1-2-25-15-11-7-6-10-14(15)12-16-18(22)21(20(26)27-16)17(19(23)24)13-8-4-3-5-9-13/h3-12,17H,2H2,1H3,(H,23,24)/b16-12+. The van der Waals surface area contributed by atoms with Crippen molar-refractivity contribution in [2.75, 3.05) is 6.61 Å². The van der Waals surface area contributed by atoms with Crippen LogP contribution >= 0.6 is 24.0 Å². The molecule has 1 saturated heterocycles. The van der Waals surface area contributed by atoms with Crippen molar-refractivity contribution in [2.45, 2.75) is 13.0 Å². The first kappa shape index (κ1) is 19.1. The number of para-hydroxylation sites is 1. The summed E-state index contributed by atoms with van der Waals surface area (Å²) in [4.78, 5) is 26.4. The van der Waals surface area contributed by atoms with Crippen LogP contribution in [0.25, 0.3) is 6.08 Å². The maximum absolute atomic E-state index is 13.0. The number of aliphatic carboxylic acids is 1. The molecule has 0 aliphatic carbocycles. The number of carboxylic acids is 1. The van der Waals surface area contributed by atoms with E-state index >= 15 is 0 Å². The number of benzene rings is 2.